The number of carbonyl (C=O) groups excluding carboxylic acids is 2. The molecule has 0 aliphatic carbocycles. The van der Waals surface area contributed by atoms with Crippen LogP contribution >= 0.6 is 0 Å². The summed E-state index contributed by atoms with van der Waals surface area (Å²) in [5, 5.41) is 2.89. The zero-order chi connectivity index (χ0) is 16.5. The molecule has 124 valence electrons. The smallest absolute Gasteiger partial charge is 0.411 e. The van der Waals surface area contributed by atoms with Crippen LogP contribution in [0.3, 0.4) is 0 Å². The Morgan fingerprint density at radius 3 is 2.67 bits per heavy atom. The highest BCUT2D eigenvalue weighted by atomic mass is 16.6. The minimum absolute atomic E-state index is 0.0838. The Kier molecular flexibility index (Phi) is 3.72. The number of carbonyl (C=O) groups is 2. The lowest BCUT2D eigenvalue weighted by atomic mass is 9.90. The van der Waals surface area contributed by atoms with Crippen molar-refractivity contribution in [1.29, 1.82) is 0 Å². The van der Waals surface area contributed by atoms with E-state index in [2.05, 4.69) is 5.32 Å². The number of nitrogens with one attached hydrogen (secondary N) is 1. The third-order valence-corrected chi connectivity index (χ3v) is 4.65. The fourth-order valence-corrected chi connectivity index (χ4v) is 3.41. The Hall–Kier alpha value is -2.76. The summed E-state index contributed by atoms with van der Waals surface area (Å²) in [6.07, 6.45) is 2.64. The number of aryl methyl sites for hydroxylation is 1. The van der Waals surface area contributed by atoms with Crippen LogP contribution in [0.2, 0.25) is 0 Å². The molecule has 2 saturated heterocycles. The van der Waals surface area contributed by atoms with Gasteiger partial charge in [0.05, 0.1) is 18.3 Å². The molecule has 2 aromatic rings. The Balaban J connectivity index is 1.51. The van der Waals surface area contributed by atoms with Gasteiger partial charge in [-0.3, -0.25) is 9.69 Å². The van der Waals surface area contributed by atoms with Crippen molar-refractivity contribution in [3.05, 3.63) is 60.1 Å². The molecule has 1 N–H and O–H groups in total. The summed E-state index contributed by atoms with van der Waals surface area (Å²) in [4.78, 5) is 25.9. The molecule has 3 heterocycles. The van der Waals surface area contributed by atoms with Crippen molar-refractivity contribution in [1.82, 2.24) is 10.2 Å². The Morgan fingerprint density at radius 1 is 1.12 bits per heavy atom. The molecular weight excluding hydrogens is 308 g/mol. The van der Waals surface area contributed by atoms with E-state index in [1.165, 1.54) is 0 Å². The molecule has 6 nitrogen and oxygen atoms in total. The van der Waals surface area contributed by atoms with Crippen molar-refractivity contribution in [2.24, 2.45) is 0 Å². The van der Waals surface area contributed by atoms with E-state index in [1.54, 1.807) is 11.2 Å². The van der Waals surface area contributed by atoms with Crippen LogP contribution in [-0.4, -0.2) is 35.6 Å². The van der Waals surface area contributed by atoms with Crippen LogP contribution in [0, 0.1) is 0 Å². The van der Waals surface area contributed by atoms with Crippen molar-refractivity contribution in [2.75, 3.05) is 6.61 Å². The van der Waals surface area contributed by atoms with Crippen LogP contribution in [0.25, 0.3) is 0 Å². The van der Waals surface area contributed by atoms with Crippen LogP contribution in [0.5, 0.6) is 0 Å². The summed E-state index contributed by atoms with van der Waals surface area (Å²) in [5.74, 6) is 0.748. The fraction of sp³-hybridized carbons (Fsp3) is 0.333. The summed E-state index contributed by atoms with van der Waals surface area (Å²) in [5.41, 5.74) is 0.979. The highest BCUT2D eigenvalue weighted by Crippen LogP contribution is 2.33. The number of β-lactam (4-membered cyclic amide) rings is 1. The summed E-state index contributed by atoms with van der Waals surface area (Å²) in [6.45, 7) is 0.275. The number of hydrogen-bond acceptors (Lipinski definition) is 4. The van der Waals surface area contributed by atoms with Crippen molar-refractivity contribution in [3.63, 3.8) is 0 Å². The van der Waals surface area contributed by atoms with Crippen molar-refractivity contribution < 1.29 is 18.7 Å². The molecule has 2 aliphatic heterocycles. The number of benzene rings is 1. The highest BCUT2D eigenvalue weighted by Gasteiger charge is 2.51. The lowest BCUT2D eigenvalue weighted by Crippen LogP contribution is -2.69. The van der Waals surface area contributed by atoms with E-state index < -0.39 is 12.1 Å². The molecule has 2 unspecified atom stereocenters. The largest absolute Gasteiger partial charge is 0.469 e. The maximum Gasteiger partial charge on any atom is 0.411 e. The molecule has 1 aromatic carbocycles. The fourth-order valence-electron chi connectivity index (χ4n) is 3.41. The first-order valence-electron chi connectivity index (χ1n) is 8.07. The van der Waals surface area contributed by atoms with E-state index in [0.717, 1.165) is 17.7 Å². The first-order valence-corrected chi connectivity index (χ1v) is 8.07. The SMILES string of the molecule is O=C1NC(CCc2ccco2)C1N1C(=O)OC[C@@H]1c1ccccc1. The lowest BCUT2D eigenvalue weighted by Gasteiger charge is -2.43. The molecule has 0 bridgehead atoms. The lowest BCUT2D eigenvalue weighted by molar-refractivity contribution is -0.136. The van der Waals surface area contributed by atoms with E-state index in [1.807, 2.05) is 42.5 Å². The summed E-state index contributed by atoms with van der Waals surface area (Å²) < 4.78 is 10.6. The molecular formula is C18H18N2O4. The summed E-state index contributed by atoms with van der Waals surface area (Å²) >= 11 is 0. The Labute approximate surface area is 139 Å². The number of furan rings is 1. The Bertz CT molecular complexity index is 729. The monoisotopic (exact) mass is 326 g/mol. The number of ether oxygens (including phenoxy) is 1. The van der Waals surface area contributed by atoms with Gasteiger partial charge in [-0.2, -0.15) is 0 Å². The van der Waals surface area contributed by atoms with Gasteiger partial charge in [0.25, 0.3) is 0 Å². The molecule has 6 heteroatoms. The second-order valence-corrected chi connectivity index (χ2v) is 6.09. The molecule has 0 spiro atoms. The average Bonchev–Trinajstić information content (AvgIpc) is 3.23. The zero-order valence-corrected chi connectivity index (χ0v) is 13.1. The van der Waals surface area contributed by atoms with Crippen LogP contribution in [0.15, 0.2) is 53.1 Å². The third-order valence-electron chi connectivity index (χ3n) is 4.65. The molecule has 2 fully saturated rings. The topological polar surface area (TPSA) is 71.8 Å². The average molecular weight is 326 g/mol. The van der Waals surface area contributed by atoms with Gasteiger partial charge in [-0.05, 0) is 24.1 Å². The van der Waals surface area contributed by atoms with E-state index in [4.69, 9.17) is 9.15 Å². The zero-order valence-electron chi connectivity index (χ0n) is 13.1. The second-order valence-electron chi connectivity index (χ2n) is 6.09. The predicted octanol–water partition coefficient (Wildman–Crippen LogP) is 2.27. The molecule has 2 amide bonds. The minimum Gasteiger partial charge on any atom is -0.469 e. The maximum atomic E-state index is 12.2. The van der Waals surface area contributed by atoms with Crippen molar-refractivity contribution in [2.45, 2.75) is 31.0 Å². The van der Waals surface area contributed by atoms with Gasteiger partial charge in [-0.25, -0.2) is 4.79 Å². The van der Waals surface area contributed by atoms with Gasteiger partial charge in [-0.15, -0.1) is 0 Å². The standard InChI is InChI=1S/C18H18N2O4/c21-17-16(14(19-17)9-8-13-7-4-10-23-13)20-15(11-24-18(20)22)12-5-2-1-3-6-12/h1-7,10,14-16H,8-9,11H2,(H,19,21)/t14?,15-,16?/m1/s1. The van der Waals surface area contributed by atoms with Crippen LogP contribution in [0.1, 0.15) is 23.8 Å². The number of hydrogen-bond donors (Lipinski definition) is 1. The second kappa shape index (κ2) is 6.03. The molecule has 0 saturated carbocycles. The molecule has 0 radical (unpaired) electrons. The van der Waals surface area contributed by atoms with E-state index in [9.17, 15) is 9.59 Å². The van der Waals surface area contributed by atoms with Gasteiger partial charge in [0.1, 0.15) is 18.4 Å². The van der Waals surface area contributed by atoms with Crippen LogP contribution in [-0.2, 0) is 16.0 Å². The van der Waals surface area contributed by atoms with E-state index in [0.29, 0.717) is 6.42 Å². The van der Waals surface area contributed by atoms with Crippen molar-refractivity contribution >= 4 is 12.0 Å². The maximum absolute atomic E-state index is 12.2. The number of nitrogens with zero attached hydrogens (tertiary/aromatic N) is 1. The first-order chi connectivity index (χ1) is 11.7. The molecule has 2 aliphatic rings. The van der Waals surface area contributed by atoms with E-state index >= 15 is 0 Å². The molecule has 24 heavy (non-hydrogen) atoms. The Morgan fingerprint density at radius 2 is 1.96 bits per heavy atom. The van der Waals surface area contributed by atoms with Gasteiger partial charge in [-0.1, -0.05) is 30.3 Å². The van der Waals surface area contributed by atoms with E-state index in [-0.39, 0.29) is 24.6 Å². The molecule has 1 aromatic heterocycles. The predicted molar refractivity (Wildman–Crippen MR) is 85.1 cm³/mol. The van der Waals surface area contributed by atoms with Crippen LogP contribution < -0.4 is 5.32 Å². The first kappa shape index (κ1) is 14.8. The van der Waals surface area contributed by atoms with Gasteiger partial charge in [0.2, 0.25) is 5.91 Å². The minimum atomic E-state index is -0.486. The molecule has 3 atom stereocenters. The highest BCUT2D eigenvalue weighted by molar-refractivity contribution is 5.92. The van der Waals surface area contributed by atoms with Gasteiger partial charge >= 0.3 is 6.09 Å². The normalized spacial score (nSPS) is 26.0. The van der Waals surface area contributed by atoms with Crippen LogP contribution in [0.4, 0.5) is 4.79 Å². The van der Waals surface area contributed by atoms with Gasteiger partial charge < -0.3 is 14.5 Å². The quantitative estimate of drug-likeness (QED) is 0.856. The third kappa shape index (κ3) is 2.54. The summed E-state index contributed by atoms with van der Waals surface area (Å²) in [7, 11) is 0. The number of amides is 2. The van der Waals surface area contributed by atoms with Gasteiger partial charge in [0, 0.05) is 6.42 Å². The molecule has 4 rings (SSSR count). The summed E-state index contributed by atoms with van der Waals surface area (Å²) in [6, 6.07) is 12.6. The number of cyclic esters (lactones) is 1. The van der Waals surface area contributed by atoms with Crippen molar-refractivity contribution in [3.8, 4) is 0 Å². The number of rotatable bonds is 5. The van der Waals surface area contributed by atoms with Gasteiger partial charge in [0.15, 0.2) is 0 Å².